The van der Waals surface area contributed by atoms with E-state index in [9.17, 15) is 14.4 Å². The Morgan fingerprint density at radius 3 is 2.52 bits per heavy atom. The van der Waals surface area contributed by atoms with Crippen molar-refractivity contribution in [1.82, 2.24) is 0 Å². The highest BCUT2D eigenvalue weighted by atomic mass is 32.2. The minimum Gasteiger partial charge on any atom is -0.465 e. The van der Waals surface area contributed by atoms with E-state index in [-0.39, 0.29) is 22.9 Å². The Balaban J connectivity index is 2.78. The first-order chi connectivity index (χ1) is 11.0. The molecule has 0 aromatic heterocycles. The van der Waals surface area contributed by atoms with E-state index < -0.39 is 5.97 Å². The van der Waals surface area contributed by atoms with E-state index in [0.717, 1.165) is 11.1 Å². The molecular weight excluding hydrogens is 312 g/mol. The number of rotatable bonds is 5. The Morgan fingerprint density at radius 2 is 1.91 bits per heavy atom. The SMILES string of the molecule is COC(=O)C(C(=O)CSC)=C1C(C(C)=O)=CCc2ccccc21. The second-order valence-corrected chi connectivity index (χ2v) is 6.00. The number of fused-ring (bicyclic) bond motifs is 1. The molecule has 0 aliphatic heterocycles. The summed E-state index contributed by atoms with van der Waals surface area (Å²) in [5.41, 5.74) is 2.47. The van der Waals surface area contributed by atoms with E-state index in [1.54, 1.807) is 12.3 Å². The third-order valence-electron chi connectivity index (χ3n) is 3.66. The Bertz CT molecular complexity index is 728. The number of ether oxygens (including phenoxy) is 1. The molecule has 23 heavy (non-hydrogen) atoms. The summed E-state index contributed by atoms with van der Waals surface area (Å²) in [7, 11) is 1.24. The van der Waals surface area contributed by atoms with Crippen LogP contribution in [0.4, 0.5) is 0 Å². The molecule has 4 nitrogen and oxygen atoms in total. The highest BCUT2D eigenvalue weighted by Crippen LogP contribution is 2.35. The van der Waals surface area contributed by atoms with Crippen molar-refractivity contribution in [3.63, 3.8) is 0 Å². The van der Waals surface area contributed by atoms with Crippen LogP contribution in [0, 0.1) is 0 Å². The van der Waals surface area contributed by atoms with Crippen molar-refractivity contribution >= 4 is 34.9 Å². The third-order valence-corrected chi connectivity index (χ3v) is 4.21. The van der Waals surface area contributed by atoms with Crippen LogP contribution in [0.5, 0.6) is 0 Å². The molecule has 0 unspecified atom stereocenters. The summed E-state index contributed by atoms with van der Waals surface area (Å²) in [6.07, 6.45) is 4.16. The molecule has 0 spiro atoms. The molecule has 5 heteroatoms. The lowest BCUT2D eigenvalue weighted by molar-refractivity contribution is -0.137. The maximum atomic E-state index is 12.5. The minimum atomic E-state index is -0.706. The summed E-state index contributed by atoms with van der Waals surface area (Å²) < 4.78 is 4.81. The molecule has 1 aromatic rings. The molecule has 0 N–H and O–H groups in total. The van der Waals surface area contributed by atoms with Crippen LogP contribution in [0.3, 0.4) is 0 Å². The lowest BCUT2D eigenvalue weighted by Crippen LogP contribution is -2.22. The van der Waals surface area contributed by atoms with Gasteiger partial charge in [-0.2, -0.15) is 11.8 Å². The van der Waals surface area contributed by atoms with Crippen molar-refractivity contribution in [2.24, 2.45) is 0 Å². The second-order valence-electron chi connectivity index (χ2n) is 5.13. The summed E-state index contributed by atoms with van der Waals surface area (Å²) >= 11 is 1.33. The van der Waals surface area contributed by atoms with E-state index in [4.69, 9.17) is 4.74 Å². The standard InChI is InChI=1S/C18H18O4S/c1-11(19)13-9-8-12-6-4-5-7-14(12)16(13)17(18(21)22-2)15(20)10-23-3/h4-7,9H,8,10H2,1-3H3. The van der Waals surface area contributed by atoms with Gasteiger partial charge in [-0.25, -0.2) is 4.79 Å². The number of methoxy groups -OCH3 is 1. The molecule has 1 aliphatic carbocycles. The van der Waals surface area contributed by atoms with Gasteiger partial charge in [0.25, 0.3) is 0 Å². The molecule has 0 saturated heterocycles. The van der Waals surface area contributed by atoms with Gasteiger partial charge in [0.1, 0.15) is 5.57 Å². The predicted octanol–water partition coefficient (Wildman–Crippen LogP) is 2.62. The summed E-state index contributed by atoms with van der Waals surface area (Å²) in [6.45, 7) is 1.44. The van der Waals surface area contributed by atoms with Crippen LogP contribution in [-0.2, 0) is 25.5 Å². The zero-order valence-corrected chi connectivity index (χ0v) is 14.2. The lowest BCUT2D eigenvalue weighted by Gasteiger charge is -2.21. The van der Waals surface area contributed by atoms with Gasteiger partial charge in [0.15, 0.2) is 11.6 Å². The lowest BCUT2D eigenvalue weighted by atomic mass is 9.81. The highest BCUT2D eigenvalue weighted by molar-refractivity contribution is 7.99. The van der Waals surface area contributed by atoms with Gasteiger partial charge in [-0.15, -0.1) is 0 Å². The minimum absolute atomic E-state index is 0.0459. The number of ketones is 2. The topological polar surface area (TPSA) is 60.4 Å². The number of allylic oxidation sites excluding steroid dienone is 3. The molecule has 0 heterocycles. The van der Waals surface area contributed by atoms with Gasteiger partial charge in [-0.1, -0.05) is 30.3 Å². The summed E-state index contributed by atoms with van der Waals surface area (Å²) in [4.78, 5) is 36.8. The van der Waals surface area contributed by atoms with Crippen molar-refractivity contribution in [2.45, 2.75) is 13.3 Å². The summed E-state index contributed by atoms with van der Waals surface area (Å²) in [5.74, 6) is -1.06. The first kappa shape index (κ1) is 17.2. The first-order valence-corrected chi connectivity index (χ1v) is 8.55. The number of Topliss-reactive ketones (excluding diaryl/α,β-unsaturated/α-hetero) is 2. The Morgan fingerprint density at radius 1 is 1.22 bits per heavy atom. The average molecular weight is 330 g/mol. The number of esters is 1. The van der Waals surface area contributed by atoms with Crippen LogP contribution in [0.25, 0.3) is 5.57 Å². The molecule has 0 bridgehead atoms. The van der Waals surface area contributed by atoms with Crippen LogP contribution in [0.15, 0.2) is 41.5 Å². The van der Waals surface area contributed by atoms with E-state index in [1.165, 1.54) is 25.8 Å². The molecule has 1 aromatic carbocycles. The fraction of sp³-hybridized carbons (Fsp3) is 0.278. The van der Waals surface area contributed by atoms with Gasteiger partial charge < -0.3 is 4.74 Å². The Kier molecular flexibility index (Phi) is 5.55. The van der Waals surface area contributed by atoms with Crippen molar-refractivity contribution in [1.29, 1.82) is 0 Å². The number of hydrogen-bond donors (Lipinski definition) is 0. The number of hydrogen-bond acceptors (Lipinski definition) is 5. The fourth-order valence-corrected chi connectivity index (χ4v) is 3.06. The van der Waals surface area contributed by atoms with Gasteiger partial charge in [-0.3, -0.25) is 9.59 Å². The normalized spacial score (nSPS) is 15.3. The van der Waals surface area contributed by atoms with E-state index in [0.29, 0.717) is 17.6 Å². The molecule has 120 valence electrons. The van der Waals surface area contributed by atoms with Gasteiger partial charge in [0.05, 0.1) is 12.9 Å². The van der Waals surface area contributed by atoms with Crippen molar-refractivity contribution in [3.8, 4) is 0 Å². The number of thioether (sulfide) groups is 1. The fourth-order valence-electron chi connectivity index (χ4n) is 2.65. The maximum absolute atomic E-state index is 12.5. The van der Waals surface area contributed by atoms with Crippen LogP contribution in [0.1, 0.15) is 18.1 Å². The summed E-state index contributed by atoms with van der Waals surface area (Å²) in [5, 5.41) is 0. The monoisotopic (exact) mass is 330 g/mol. The van der Waals surface area contributed by atoms with E-state index in [1.807, 2.05) is 24.3 Å². The molecule has 0 saturated carbocycles. The van der Waals surface area contributed by atoms with Gasteiger partial charge in [-0.05, 0) is 30.7 Å². The molecule has 0 fully saturated rings. The van der Waals surface area contributed by atoms with Crippen LogP contribution in [-0.4, -0.2) is 36.7 Å². The van der Waals surface area contributed by atoms with Crippen molar-refractivity contribution in [3.05, 3.63) is 52.6 Å². The number of carbonyl (C=O) groups excluding carboxylic acids is 3. The third kappa shape index (κ3) is 3.45. The largest absolute Gasteiger partial charge is 0.465 e. The van der Waals surface area contributed by atoms with Gasteiger partial charge in [0, 0.05) is 11.1 Å². The average Bonchev–Trinajstić information content (AvgIpc) is 2.54. The highest BCUT2D eigenvalue weighted by Gasteiger charge is 2.30. The van der Waals surface area contributed by atoms with Crippen LogP contribution >= 0.6 is 11.8 Å². The van der Waals surface area contributed by atoms with Gasteiger partial charge in [0.2, 0.25) is 0 Å². The first-order valence-electron chi connectivity index (χ1n) is 7.15. The van der Waals surface area contributed by atoms with E-state index >= 15 is 0 Å². The van der Waals surface area contributed by atoms with Crippen LogP contribution < -0.4 is 0 Å². The quantitative estimate of drug-likeness (QED) is 0.359. The summed E-state index contributed by atoms with van der Waals surface area (Å²) in [6, 6.07) is 7.48. The number of benzene rings is 1. The van der Waals surface area contributed by atoms with Crippen LogP contribution in [0.2, 0.25) is 0 Å². The predicted molar refractivity (Wildman–Crippen MR) is 91.2 cm³/mol. The van der Waals surface area contributed by atoms with Gasteiger partial charge >= 0.3 is 5.97 Å². The molecular formula is C18H18O4S. The Hall–Kier alpha value is -2.14. The molecule has 0 atom stereocenters. The molecule has 1 aliphatic rings. The number of carbonyl (C=O) groups is 3. The van der Waals surface area contributed by atoms with Crippen molar-refractivity contribution < 1.29 is 19.1 Å². The molecule has 0 radical (unpaired) electrons. The Labute approximate surface area is 139 Å². The zero-order valence-electron chi connectivity index (χ0n) is 13.3. The maximum Gasteiger partial charge on any atom is 0.342 e. The smallest absolute Gasteiger partial charge is 0.342 e. The van der Waals surface area contributed by atoms with Crippen molar-refractivity contribution in [2.75, 3.05) is 19.1 Å². The molecule has 0 amide bonds. The zero-order chi connectivity index (χ0) is 17.0. The molecule has 2 rings (SSSR count). The van der Waals surface area contributed by atoms with E-state index in [2.05, 4.69) is 0 Å². The second kappa shape index (κ2) is 7.42.